The van der Waals surface area contributed by atoms with Crippen LogP contribution in [0.25, 0.3) is 0 Å². The maximum absolute atomic E-state index is 5.51. The lowest BCUT2D eigenvalue weighted by Crippen LogP contribution is -2.30. The molecule has 0 saturated heterocycles. The van der Waals surface area contributed by atoms with Crippen molar-refractivity contribution in [2.24, 2.45) is 0 Å². The molecule has 0 aromatic rings. The van der Waals surface area contributed by atoms with E-state index in [-0.39, 0.29) is 6.10 Å². The van der Waals surface area contributed by atoms with Gasteiger partial charge in [0.1, 0.15) is 0 Å². The highest BCUT2D eigenvalue weighted by molar-refractivity contribution is 4.55. The molecule has 2 nitrogen and oxygen atoms in total. The molecule has 0 bridgehead atoms. The third kappa shape index (κ3) is 3.85. The molecule has 62 valence electrons. The molecule has 0 aliphatic heterocycles. The minimum Gasteiger partial charge on any atom is -0.354 e. The van der Waals surface area contributed by atoms with Crippen molar-refractivity contribution >= 4 is 0 Å². The summed E-state index contributed by atoms with van der Waals surface area (Å²) in [7, 11) is 1.66. The van der Waals surface area contributed by atoms with Crippen LogP contribution < -0.4 is 0 Å². The topological polar surface area (TPSA) is 18.5 Å². The Morgan fingerprint density at radius 3 is 2.20 bits per heavy atom. The van der Waals surface area contributed by atoms with Gasteiger partial charge in [0.15, 0.2) is 5.79 Å². The molecule has 0 saturated carbocycles. The molecule has 0 spiro atoms. The summed E-state index contributed by atoms with van der Waals surface area (Å²) in [6, 6.07) is 0. The third-order valence-corrected chi connectivity index (χ3v) is 1.55. The number of hydrogen-bond acceptors (Lipinski definition) is 2. The van der Waals surface area contributed by atoms with Gasteiger partial charge in [0.05, 0.1) is 6.10 Å². The van der Waals surface area contributed by atoms with Crippen LogP contribution in [0.15, 0.2) is 0 Å². The quantitative estimate of drug-likeness (QED) is 0.566. The molecule has 10 heavy (non-hydrogen) atoms. The number of ether oxygens (including phenoxy) is 2. The van der Waals surface area contributed by atoms with Crippen molar-refractivity contribution in [2.75, 3.05) is 7.11 Å². The van der Waals surface area contributed by atoms with E-state index in [0.29, 0.717) is 0 Å². The predicted octanol–water partition coefficient (Wildman–Crippen LogP) is 2.18. The first kappa shape index (κ1) is 9.92. The van der Waals surface area contributed by atoms with E-state index in [2.05, 4.69) is 6.92 Å². The smallest absolute Gasteiger partial charge is 0.162 e. The second-order valence-corrected chi connectivity index (χ2v) is 2.94. The first-order valence-electron chi connectivity index (χ1n) is 3.74. The van der Waals surface area contributed by atoms with Gasteiger partial charge in [-0.3, -0.25) is 0 Å². The summed E-state index contributed by atoms with van der Waals surface area (Å²) < 4.78 is 10.6. The van der Waals surface area contributed by atoms with Crippen molar-refractivity contribution in [3.63, 3.8) is 0 Å². The van der Waals surface area contributed by atoms with Crippen LogP contribution in [-0.4, -0.2) is 19.0 Å². The molecule has 0 amide bonds. The van der Waals surface area contributed by atoms with Gasteiger partial charge in [0, 0.05) is 7.11 Å². The molecule has 0 fully saturated rings. The van der Waals surface area contributed by atoms with Gasteiger partial charge >= 0.3 is 0 Å². The molecule has 0 aliphatic carbocycles. The first-order valence-corrected chi connectivity index (χ1v) is 3.74. The maximum Gasteiger partial charge on any atom is 0.162 e. The molecule has 0 heterocycles. The lowest BCUT2D eigenvalue weighted by Gasteiger charge is -2.26. The molecule has 0 radical (unpaired) electrons. The molecule has 0 N–H and O–H groups in total. The van der Waals surface area contributed by atoms with Crippen molar-refractivity contribution < 1.29 is 9.47 Å². The van der Waals surface area contributed by atoms with Crippen LogP contribution in [0.4, 0.5) is 0 Å². The zero-order valence-electron chi connectivity index (χ0n) is 7.60. The van der Waals surface area contributed by atoms with E-state index in [1.54, 1.807) is 7.11 Å². The van der Waals surface area contributed by atoms with Crippen LogP contribution in [0.1, 0.15) is 34.1 Å². The SMILES string of the molecule is CC[C@H](C)OC(C)(C)OC. The summed E-state index contributed by atoms with van der Waals surface area (Å²) >= 11 is 0. The molecule has 1 atom stereocenters. The minimum absolute atomic E-state index is 0.273. The van der Waals surface area contributed by atoms with Crippen molar-refractivity contribution in [1.82, 2.24) is 0 Å². The van der Waals surface area contributed by atoms with E-state index in [9.17, 15) is 0 Å². The van der Waals surface area contributed by atoms with E-state index >= 15 is 0 Å². The third-order valence-electron chi connectivity index (χ3n) is 1.55. The molecule has 0 aliphatic rings. The molecule has 0 aromatic heterocycles. The van der Waals surface area contributed by atoms with E-state index in [1.807, 2.05) is 20.8 Å². The monoisotopic (exact) mass is 146 g/mol. The Morgan fingerprint density at radius 2 is 1.90 bits per heavy atom. The van der Waals surface area contributed by atoms with Crippen LogP contribution >= 0.6 is 0 Å². The van der Waals surface area contributed by atoms with Crippen LogP contribution in [0.5, 0.6) is 0 Å². The van der Waals surface area contributed by atoms with Crippen molar-refractivity contribution in [1.29, 1.82) is 0 Å². The van der Waals surface area contributed by atoms with Crippen LogP contribution in [0.2, 0.25) is 0 Å². The second-order valence-electron chi connectivity index (χ2n) is 2.94. The molecule has 0 aromatic carbocycles. The Kier molecular flexibility index (Phi) is 3.91. The fourth-order valence-corrected chi connectivity index (χ4v) is 0.616. The van der Waals surface area contributed by atoms with Crippen molar-refractivity contribution in [3.8, 4) is 0 Å². The normalized spacial score (nSPS) is 15.3. The summed E-state index contributed by atoms with van der Waals surface area (Å²) in [5.74, 6) is -0.435. The summed E-state index contributed by atoms with van der Waals surface area (Å²) in [5, 5.41) is 0. The zero-order chi connectivity index (χ0) is 8.20. The molecule has 2 heteroatoms. The van der Waals surface area contributed by atoms with Crippen LogP contribution in [0.3, 0.4) is 0 Å². The average Bonchev–Trinajstić information content (AvgIpc) is 1.87. The Bertz CT molecular complexity index is 89.3. The Labute approximate surface area is 63.5 Å². The van der Waals surface area contributed by atoms with Gasteiger partial charge in [-0.15, -0.1) is 0 Å². The van der Waals surface area contributed by atoms with E-state index in [4.69, 9.17) is 9.47 Å². The summed E-state index contributed by atoms with van der Waals surface area (Å²) in [5.41, 5.74) is 0. The predicted molar refractivity (Wildman–Crippen MR) is 41.9 cm³/mol. The molecular weight excluding hydrogens is 128 g/mol. The second kappa shape index (κ2) is 3.94. The lowest BCUT2D eigenvalue weighted by molar-refractivity contribution is -0.219. The molecule has 0 rings (SSSR count). The Morgan fingerprint density at radius 1 is 1.40 bits per heavy atom. The first-order chi connectivity index (χ1) is 4.52. The summed E-state index contributed by atoms with van der Waals surface area (Å²) in [6.45, 7) is 7.97. The van der Waals surface area contributed by atoms with E-state index in [1.165, 1.54) is 0 Å². The highest BCUT2D eigenvalue weighted by Gasteiger charge is 2.18. The highest BCUT2D eigenvalue weighted by atomic mass is 16.7. The average molecular weight is 146 g/mol. The van der Waals surface area contributed by atoms with Crippen molar-refractivity contribution in [3.05, 3.63) is 0 Å². The standard InChI is InChI=1S/C8H18O2/c1-6-7(2)10-8(3,4)9-5/h7H,6H2,1-5H3/t7-/m0/s1. The number of methoxy groups -OCH3 is 1. The zero-order valence-corrected chi connectivity index (χ0v) is 7.60. The van der Waals surface area contributed by atoms with Crippen LogP contribution in [0, 0.1) is 0 Å². The van der Waals surface area contributed by atoms with Gasteiger partial charge in [0.25, 0.3) is 0 Å². The summed E-state index contributed by atoms with van der Waals surface area (Å²) in [6.07, 6.45) is 1.29. The number of rotatable bonds is 4. The van der Waals surface area contributed by atoms with Gasteiger partial charge in [-0.2, -0.15) is 0 Å². The lowest BCUT2D eigenvalue weighted by atomic mass is 10.3. The van der Waals surface area contributed by atoms with Gasteiger partial charge in [-0.1, -0.05) is 6.92 Å². The van der Waals surface area contributed by atoms with E-state index in [0.717, 1.165) is 6.42 Å². The Balaban J connectivity index is 3.64. The Hall–Kier alpha value is -0.0800. The van der Waals surface area contributed by atoms with Crippen LogP contribution in [-0.2, 0) is 9.47 Å². The van der Waals surface area contributed by atoms with Crippen molar-refractivity contribution in [2.45, 2.75) is 46.0 Å². The highest BCUT2D eigenvalue weighted by Crippen LogP contribution is 2.13. The largest absolute Gasteiger partial charge is 0.354 e. The fraction of sp³-hybridized carbons (Fsp3) is 1.00. The van der Waals surface area contributed by atoms with Gasteiger partial charge < -0.3 is 9.47 Å². The van der Waals surface area contributed by atoms with Gasteiger partial charge in [-0.25, -0.2) is 0 Å². The minimum atomic E-state index is -0.435. The summed E-state index contributed by atoms with van der Waals surface area (Å²) in [4.78, 5) is 0. The molecular formula is C8H18O2. The van der Waals surface area contributed by atoms with E-state index < -0.39 is 5.79 Å². The maximum atomic E-state index is 5.51. The van der Waals surface area contributed by atoms with Gasteiger partial charge in [-0.05, 0) is 27.2 Å². The van der Waals surface area contributed by atoms with Gasteiger partial charge in [0.2, 0.25) is 0 Å². The number of hydrogen-bond donors (Lipinski definition) is 0. The molecule has 0 unspecified atom stereocenters. The fourth-order valence-electron chi connectivity index (χ4n) is 0.616.